The summed E-state index contributed by atoms with van der Waals surface area (Å²) in [6.45, 7) is 15.8. The molecule has 0 atom stereocenters. The number of unbranched alkanes of at least 4 members (excludes halogenated alkanes) is 26. The van der Waals surface area contributed by atoms with E-state index in [2.05, 4.69) is 202 Å². The topological polar surface area (TPSA) is 135 Å². The summed E-state index contributed by atoms with van der Waals surface area (Å²) in [6.07, 6.45) is 47.3. The lowest BCUT2D eigenvalue weighted by Gasteiger charge is -2.27. The standard InChI is InChI=1S/C97H123N5O6/c1-7-13-19-25-29-35-69-105-89-43-39-44-90(106-70-36-30-26-20-14-8-2)95(89)93-81-61-59-79(98-81)78(58-51-75-52-67-87(103)88(104)68-53-75)80-60-62-82(99-80)94(96-91(107-71-37-31-27-21-15-9-3)45-40-46-92(96)108-72-38-32-28-22-16-10-4)84-64-66-86(101-84)97(85-65-63-83(93)100-85)102(76-54-47-73(48-55-76)41-33-23-17-11-5)77-56-49-74(50-57-77)42-34-24-18-12-6/h39-40,43-50,52-57,59-68,98,101H,7-38,41-42,69-72H2,1-6H3,(H,103,104). The summed E-state index contributed by atoms with van der Waals surface area (Å²) in [5.41, 5.74) is 15.4. The summed E-state index contributed by atoms with van der Waals surface area (Å²) < 4.78 is 28.3. The second-order valence-electron chi connectivity index (χ2n) is 29.6. The van der Waals surface area contributed by atoms with E-state index in [1.807, 2.05) is 0 Å². The van der Waals surface area contributed by atoms with Crippen LogP contribution in [-0.2, 0) is 12.8 Å². The van der Waals surface area contributed by atoms with Gasteiger partial charge in [0.1, 0.15) is 23.0 Å². The first-order valence-corrected chi connectivity index (χ1v) is 42.0. The van der Waals surface area contributed by atoms with E-state index in [9.17, 15) is 9.90 Å². The van der Waals surface area contributed by atoms with E-state index in [4.69, 9.17) is 28.9 Å². The molecule has 0 spiro atoms. The van der Waals surface area contributed by atoms with Crippen molar-refractivity contribution in [1.82, 2.24) is 19.9 Å². The summed E-state index contributed by atoms with van der Waals surface area (Å²) in [5, 5.41) is 10.6. The highest BCUT2D eigenvalue weighted by Gasteiger charge is 2.27. The first-order valence-electron chi connectivity index (χ1n) is 42.0. The minimum atomic E-state index is -0.487. The van der Waals surface area contributed by atoms with Gasteiger partial charge in [-0.1, -0.05) is 257 Å². The van der Waals surface area contributed by atoms with Crippen molar-refractivity contribution in [2.75, 3.05) is 31.3 Å². The molecule has 572 valence electrons. The van der Waals surface area contributed by atoms with Gasteiger partial charge in [0.05, 0.1) is 82.6 Å². The highest BCUT2D eigenvalue weighted by Crippen LogP contribution is 2.48. The second kappa shape index (κ2) is 44.9. The zero-order chi connectivity index (χ0) is 75.3. The normalized spacial score (nSPS) is 11.6. The van der Waals surface area contributed by atoms with Crippen LogP contribution in [0.3, 0.4) is 0 Å². The molecule has 3 aromatic heterocycles. The number of ether oxygens (including phenoxy) is 4. The summed E-state index contributed by atoms with van der Waals surface area (Å²) in [4.78, 5) is 35.1. The van der Waals surface area contributed by atoms with Crippen LogP contribution in [0.4, 0.5) is 17.1 Å². The molecule has 0 saturated carbocycles. The molecule has 8 bridgehead atoms. The van der Waals surface area contributed by atoms with Crippen molar-refractivity contribution in [1.29, 1.82) is 0 Å². The largest absolute Gasteiger partial charge is 0.504 e. The van der Waals surface area contributed by atoms with E-state index in [-0.39, 0.29) is 5.75 Å². The summed E-state index contributed by atoms with van der Waals surface area (Å²) in [5.74, 6) is 9.51. The molecule has 3 N–H and O–H groups in total. The number of nitrogens with one attached hydrogen (secondary N) is 2. The Bertz CT molecular complexity index is 4250. The number of H-pyrrole nitrogens is 2. The average Bonchev–Trinajstić information content (AvgIpc) is 1.56. The van der Waals surface area contributed by atoms with Gasteiger partial charge in [0, 0.05) is 39.1 Å². The van der Waals surface area contributed by atoms with Crippen molar-refractivity contribution in [2.24, 2.45) is 0 Å². The predicted octanol–water partition coefficient (Wildman–Crippen LogP) is 27.1. The molecule has 0 radical (unpaired) electrons. The molecule has 0 amide bonds. The van der Waals surface area contributed by atoms with Gasteiger partial charge in [-0.15, -0.1) is 0 Å². The number of aromatic amines is 2. The zero-order valence-electron chi connectivity index (χ0n) is 66.2. The highest BCUT2D eigenvalue weighted by molar-refractivity contribution is 6.01. The fourth-order valence-corrected chi connectivity index (χ4v) is 14.7. The lowest BCUT2D eigenvalue weighted by molar-refractivity contribution is 0.292. The lowest BCUT2D eigenvalue weighted by atomic mass is 10.0. The van der Waals surface area contributed by atoms with Crippen LogP contribution in [0.5, 0.6) is 28.7 Å². The maximum atomic E-state index is 12.8. The number of anilines is 3. The number of fused-ring (bicyclic) bond motifs is 8. The molecule has 0 unspecified atom stereocenters. The van der Waals surface area contributed by atoms with Crippen LogP contribution >= 0.6 is 0 Å². The molecule has 11 heteroatoms. The van der Waals surface area contributed by atoms with Gasteiger partial charge in [-0.05, 0) is 184 Å². The number of aryl methyl sites for hydroxylation is 2. The third kappa shape index (κ3) is 23.6. The minimum absolute atomic E-state index is 0.348. The number of rotatable bonds is 47. The van der Waals surface area contributed by atoms with Crippen LogP contribution in [0.15, 0.2) is 138 Å². The smallest absolute Gasteiger partial charge is 0.220 e. The van der Waals surface area contributed by atoms with E-state index in [0.29, 0.717) is 54.5 Å². The predicted molar refractivity (Wildman–Crippen MR) is 456 cm³/mol. The Morgan fingerprint density at radius 3 is 1.13 bits per heavy atom. The number of aromatic nitrogens is 4. The van der Waals surface area contributed by atoms with E-state index in [1.165, 1.54) is 165 Å². The minimum Gasteiger partial charge on any atom is -0.504 e. The van der Waals surface area contributed by atoms with E-state index >= 15 is 0 Å². The monoisotopic (exact) mass is 1450 g/mol. The van der Waals surface area contributed by atoms with E-state index < -0.39 is 5.43 Å². The molecule has 0 saturated heterocycles. The summed E-state index contributed by atoms with van der Waals surface area (Å²) in [7, 11) is 0. The molecule has 108 heavy (non-hydrogen) atoms. The zero-order valence-corrected chi connectivity index (χ0v) is 66.2. The molecular formula is C97H123N5O6. The Kier molecular flexibility index (Phi) is 33.8. The molecule has 2 aliphatic heterocycles. The van der Waals surface area contributed by atoms with Gasteiger partial charge < -0.3 is 38.9 Å². The van der Waals surface area contributed by atoms with Gasteiger partial charge in [0.15, 0.2) is 5.75 Å². The summed E-state index contributed by atoms with van der Waals surface area (Å²) >= 11 is 0. The number of nitrogens with zero attached hydrogens (tertiary/aromatic N) is 3. The molecule has 5 aromatic carbocycles. The number of benzene rings is 4. The first kappa shape index (κ1) is 81.3. The molecule has 8 aromatic rings. The van der Waals surface area contributed by atoms with Gasteiger partial charge in [-0.25, -0.2) is 9.97 Å². The molecular weight excluding hydrogens is 1330 g/mol. The Morgan fingerprint density at radius 2 is 0.694 bits per heavy atom. The maximum absolute atomic E-state index is 12.8. The molecule has 10 rings (SSSR count). The van der Waals surface area contributed by atoms with Crippen LogP contribution in [-0.4, -0.2) is 51.5 Å². The van der Waals surface area contributed by atoms with Gasteiger partial charge in [-0.2, -0.15) is 0 Å². The Morgan fingerprint density at radius 1 is 0.343 bits per heavy atom. The quantitative estimate of drug-likeness (QED) is 0.0252. The van der Waals surface area contributed by atoms with Crippen molar-refractivity contribution < 1.29 is 24.1 Å². The average molecular weight is 1460 g/mol. The Balaban J connectivity index is 1.31. The number of hydrogen-bond donors (Lipinski definition) is 3. The maximum Gasteiger partial charge on any atom is 0.220 e. The van der Waals surface area contributed by atoms with Gasteiger partial charge in [-0.3, -0.25) is 4.79 Å². The third-order valence-electron chi connectivity index (χ3n) is 20.9. The molecule has 5 heterocycles. The lowest BCUT2D eigenvalue weighted by Crippen LogP contribution is -2.12. The summed E-state index contributed by atoms with van der Waals surface area (Å²) in [6, 6.07) is 45.7. The Labute approximate surface area is 646 Å². The molecule has 2 aliphatic rings. The SMILES string of the molecule is CCCCCCCCOc1cccc(OCCCCCCCC)c1-c1c2nc(c(N(c3ccc(CCCCCC)cc3)c3ccc(CCCCCC)cc3)c3ccc([nH]3)c(-c3c(OCCCCCCCC)cccc3OCCCCCCCC)c3nc(c(C#Cc4ccc(O)c(=O)cc4)c4ccc1[nH]4)C=C3)C=C2. The first-order chi connectivity index (χ1) is 53.2. The van der Waals surface area contributed by atoms with Gasteiger partial charge >= 0.3 is 0 Å². The van der Waals surface area contributed by atoms with Gasteiger partial charge in [0.25, 0.3) is 0 Å². The molecule has 11 nitrogen and oxygen atoms in total. The van der Waals surface area contributed by atoms with Crippen molar-refractivity contribution >= 4 is 63.4 Å². The van der Waals surface area contributed by atoms with Gasteiger partial charge in [0.2, 0.25) is 5.43 Å². The number of aromatic hydroxyl groups is 1. The highest BCUT2D eigenvalue weighted by atomic mass is 16.5. The Hall–Kier alpha value is -9.27. The second-order valence-corrected chi connectivity index (χ2v) is 29.6. The van der Waals surface area contributed by atoms with Crippen LogP contribution in [0, 0.1) is 11.8 Å². The van der Waals surface area contributed by atoms with Crippen molar-refractivity contribution in [2.45, 2.75) is 260 Å². The van der Waals surface area contributed by atoms with Crippen LogP contribution in [0.1, 0.15) is 292 Å². The molecule has 0 fully saturated rings. The van der Waals surface area contributed by atoms with Crippen molar-refractivity contribution in [3.63, 3.8) is 0 Å². The van der Waals surface area contributed by atoms with Crippen molar-refractivity contribution in [3.8, 4) is 62.8 Å². The number of hydrogen-bond acceptors (Lipinski definition) is 9. The van der Waals surface area contributed by atoms with Crippen LogP contribution in [0.2, 0.25) is 0 Å². The van der Waals surface area contributed by atoms with Crippen molar-refractivity contribution in [3.05, 3.63) is 189 Å². The fraction of sp³-hybridized carbons (Fsp3) is 0.454. The molecule has 0 aliphatic carbocycles. The van der Waals surface area contributed by atoms with Crippen LogP contribution < -0.4 is 29.3 Å². The van der Waals surface area contributed by atoms with E-state index in [0.717, 1.165) is 167 Å². The fourth-order valence-electron chi connectivity index (χ4n) is 14.7. The van der Waals surface area contributed by atoms with Crippen LogP contribution in [0.25, 0.3) is 68.6 Å². The van der Waals surface area contributed by atoms with E-state index in [1.54, 1.807) is 12.1 Å². The third-order valence-corrected chi connectivity index (χ3v) is 20.9.